The third kappa shape index (κ3) is 4.76. The molecule has 7 nitrogen and oxygen atoms in total. The van der Waals surface area contributed by atoms with Crippen LogP contribution in [0.2, 0.25) is 0 Å². The van der Waals surface area contributed by atoms with Gasteiger partial charge in [-0.25, -0.2) is 14.4 Å². The van der Waals surface area contributed by atoms with E-state index < -0.39 is 0 Å². The fraction of sp³-hybridized carbons (Fsp3) is 0.300. The number of nitrogens with one attached hydrogen (secondary N) is 2. The summed E-state index contributed by atoms with van der Waals surface area (Å²) in [4.78, 5) is 1.29. The van der Waals surface area contributed by atoms with Crippen LogP contribution >= 0.6 is 11.8 Å². The van der Waals surface area contributed by atoms with Gasteiger partial charge in [0.25, 0.3) is 5.65 Å². The Balaban J connectivity index is 1.76. The maximum Gasteiger partial charge on any atom is 0.286 e. The SMILES string of the molecule is CCCCSc1ccc2n(C)c(-c3ccc(CNN=C(N)NO)cc3)c[n+]2c1. The second-order valence-electron chi connectivity index (χ2n) is 6.55. The lowest BCUT2D eigenvalue weighted by Crippen LogP contribution is -2.30. The third-order valence-electron chi connectivity index (χ3n) is 4.51. The maximum atomic E-state index is 8.60. The van der Waals surface area contributed by atoms with Crippen molar-refractivity contribution < 1.29 is 9.61 Å². The topological polar surface area (TPSA) is 91.7 Å². The molecule has 8 heteroatoms. The fourth-order valence-corrected chi connectivity index (χ4v) is 3.96. The molecule has 0 saturated heterocycles. The Morgan fingerprint density at radius 3 is 2.71 bits per heavy atom. The van der Waals surface area contributed by atoms with Gasteiger partial charge in [-0.3, -0.25) is 5.21 Å². The minimum absolute atomic E-state index is 0.0728. The number of hydrazone groups is 1. The molecule has 5 N–H and O–H groups in total. The Kier molecular flexibility index (Phi) is 6.78. The number of nitrogens with zero attached hydrogens (tertiary/aromatic N) is 3. The number of unbranched alkanes of at least 4 members (excludes halogenated alkanes) is 1. The van der Waals surface area contributed by atoms with Crippen LogP contribution in [0, 0.1) is 0 Å². The van der Waals surface area contributed by atoms with Crippen LogP contribution in [0.1, 0.15) is 25.3 Å². The van der Waals surface area contributed by atoms with Gasteiger partial charge in [0.05, 0.1) is 13.6 Å². The molecule has 0 radical (unpaired) electrons. The predicted molar refractivity (Wildman–Crippen MR) is 113 cm³/mol. The minimum atomic E-state index is -0.0728. The first-order valence-electron chi connectivity index (χ1n) is 9.31. The van der Waals surface area contributed by atoms with E-state index >= 15 is 0 Å². The first-order valence-corrected chi connectivity index (χ1v) is 10.3. The number of benzene rings is 1. The molecule has 0 saturated carbocycles. The monoisotopic (exact) mass is 399 g/mol. The molecule has 0 amide bonds. The summed E-state index contributed by atoms with van der Waals surface area (Å²) >= 11 is 1.91. The number of nitrogens with two attached hydrogens (primary N) is 1. The Bertz CT molecular complexity index is 951. The van der Waals surface area contributed by atoms with E-state index in [0.717, 1.165) is 28.2 Å². The molecule has 2 heterocycles. The normalized spacial score (nSPS) is 11.8. The van der Waals surface area contributed by atoms with Gasteiger partial charge in [-0.05, 0) is 23.8 Å². The van der Waals surface area contributed by atoms with Gasteiger partial charge in [0, 0.05) is 16.5 Å². The number of pyridine rings is 1. The number of hydroxylamine groups is 1. The quantitative estimate of drug-likeness (QED) is 0.117. The highest BCUT2D eigenvalue weighted by atomic mass is 32.2. The zero-order chi connectivity index (χ0) is 19.9. The van der Waals surface area contributed by atoms with Crippen molar-refractivity contribution in [2.75, 3.05) is 5.75 Å². The molecule has 0 unspecified atom stereocenters. The average molecular weight is 400 g/mol. The average Bonchev–Trinajstić information content (AvgIpc) is 3.04. The summed E-state index contributed by atoms with van der Waals surface area (Å²) in [7, 11) is 2.09. The summed E-state index contributed by atoms with van der Waals surface area (Å²) in [6.45, 7) is 2.74. The molecule has 3 aromatic rings. The highest BCUT2D eigenvalue weighted by Crippen LogP contribution is 2.23. The fourth-order valence-electron chi connectivity index (χ4n) is 2.94. The molecule has 0 atom stereocenters. The van der Waals surface area contributed by atoms with E-state index in [2.05, 4.69) is 82.3 Å². The van der Waals surface area contributed by atoms with E-state index in [4.69, 9.17) is 10.9 Å². The van der Waals surface area contributed by atoms with Gasteiger partial charge in [0.2, 0.25) is 5.96 Å². The van der Waals surface area contributed by atoms with Gasteiger partial charge < -0.3 is 11.2 Å². The van der Waals surface area contributed by atoms with Crippen LogP contribution in [0.25, 0.3) is 16.9 Å². The van der Waals surface area contributed by atoms with Crippen molar-refractivity contribution in [2.24, 2.45) is 17.9 Å². The van der Waals surface area contributed by atoms with Crippen LogP contribution in [0.3, 0.4) is 0 Å². The smallest absolute Gasteiger partial charge is 0.286 e. The molecule has 2 aromatic heterocycles. The van der Waals surface area contributed by atoms with E-state index in [0.29, 0.717) is 6.54 Å². The van der Waals surface area contributed by atoms with E-state index in [-0.39, 0.29) is 5.96 Å². The molecule has 0 bridgehead atoms. The van der Waals surface area contributed by atoms with E-state index in [9.17, 15) is 0 Å². The molecule has 0 spiro atoms. The van der Waals surface area contributed by atoms with Crippen molar-refractivity contribution in [3.05, 3.63) is 54.4 Å². The molecule has 28 heavy (non-hydrogen) atoms. The Morgan fingerprint density at radius 2 is 2.00 bits per heavy atom. The van der Waals surface area contributed by atoms with E-state index in [1.165, 1.54) is 17.7 Å². The van der Waals surface area contributed by atoms with Crippen molar-refractivity contribution >= 4 is 23.4 Å². The Hall–Kier alpha value is -2.71. The number of guanidine groups is 1. The van der Waals surface area contributed by atoms with Crippen molar-refractivity contribution in [1.82, 2.24) is 15.5 Å². The number of fused-ring (bicyclic) bond motifs is 1. The molecule has 1 aromatic carbocycles. The van der Waals surface area contributed by atoms with Gasteiger partial charge in [0.1, 0.15) is 12.4 Å². The van der Waals surface area contributed by atoms with Crippen LogP contribution in [0.5, 0.6) is 0 Å². The highest BCUT2D eigenvalue weighted by molar-refractivity contribution is 7.99. The van der Waals surface area contributed by atoms with E-state index in [1.807, 2.05) is 11.8 Å². The van der Waals surface area contributed by atoms with Crippen LogP contribution in [0.4, 0.5) is 0 Å². The van der Waals surface area contributed by atoms with Crippen molar-refractivity contribution in [1.29, 1.82) is 0 Å². The van der Waals surface area contributed by atoms with Crippen molar-refractivity contribution in [3.8, 4) is 11.3 Å². The summed E-state index contributed by atoms with van der Waals surface area (Å²) in [5.74, 6) is 1.08. The first-order chi connectivity index (χ1) is 13.6. The molecule has 0 aliphatic heterocycles. The number of aryl methyl sites for hydroxylation is 1. The second-order valence-corrected chi connectivity index (χ2v) is 7.71. The zero-order valence-electron chi connectivity index (χ0n) is 16.2. The lowest BCUT2D eigenvalue weighted by molar-refractivity contribution is -0.512. The Morgan fingerprint density at radius 1 is 1.21 bits per heavy atom. The summed E-state index contributed by atoms with van der Waals surface area (Å²) in [5, 5.41) is 12.4. The lowest BCUT2D eigenvalue weighted by atomic mass is 10.1. The number of imidazole rings is 1. The van der Waals surface area contributed by atoms with Gasteiger partial charge in [-0.1, -0.05) is 37.6 Å². The van der Waals surface area contributed by atoms with E-state index in [1.54, 1.807) is 5.48 Å². The third-order valence-corrected chi connectivity index (χ3v) is 5.58. The summed E-state index contributed by atoms with van der Waals surface area (Å²) < 4.78 is 4.39. The summed E-state index contributed by atoms with van der Waals surface area (Å²) in [6, 6.07) is 12.7. The number of thioether (sulfide) groups is 1. The van der Waals surface area contributed by atoms with Gasteiger partial charge in [-0.2, -0.15) is 0 Å². The second kappa shape index (κ2) is 9.48. The number of hydrogen-bond donors (Lipinski definition) is 4. The van der Waals surface area contributed by atoms with Crippen molar-refractivity contribution in [3.63, 3.8) is 0 Å². The molecule has 0 fully saturated rings. The molecule has 3 rings (SSSR count). The lowest BCUT2D eigenvalue weighted by Gasteiger charge is -2.03. The summed E-state index contributed by atoms with van der Waals surface area (Å²) in [6.07, 6.45) is 6.84. The maximum absolute atomic E-state index is 8.60. The highest BCUT2D eigenvalue weighted by Gasteiger charge is 2.16. The largest absolute Gasteiger partial charge is 0.367 e. The molecular weight excluding hydrogens is 372 g/mol. The van der Waals surface area contributed by atoms with Crippen LogP contribution < -0.4 is 21.0 Å². The van der Waals surface area contributed by atoms with Crippen LogP contribution in [0.15, 0.2) is 58.8 Å². The number of hydrogen-bond acceptors (Lipinski definition) is 4. The molecular formula is C20H27N6OS+. The molecule has 0 aliphatic carbocycles. The number of rotatable bonds is 8. The standard InChI is InChI=1S/C20H27N6OS/c1-3-4-11-28-17-9-10-19-25(2)18(14-26(19)13-17)16-7-5-15(6-8-16)12-22-23-20(21)24-27/h5-10,13-14,22,27H,3-4,11-12H2,1-2H3,(H3,21,23,24)/q+1. The van der Waals surface area contributed by atoms with Crippen LogP contribution in [-0.2, 0) is 13.6 Å². The predicted octanol–water partition coefficient (Wildman–Crippen LogP) is 2.62. The van der Waals surface area contributed by atoms with Gasteiger partial charge >= 0.3 is 0 Å². The Labute approximate surface area is 169 Å². The van der Waals surface area contributed by atoms with Gasteiger partial charge in [-0.15, -0.1) is 16.9 Å². The van der Waals surface area contributed by atoms with Crippen LogP contribution in [-0.4, -0.2) is 21.5 Å². The first kappa shape index (κ1) is 20.0. The van der Waals surface area contributed by atoms with Gasteiger partial charge in [0.15, 0.2) is 5.69 Å². The summed E-state index contributed by atoms with van der Waals surface area (Å²) in [5.41, 5.74) is 14.5. The zero-order valence-corrected chi connectivity index (χ0v) is 17.0. The molecule has 0 aliphatic rings. The number of aromatic nitrogens is 2. The van der Waals surface area contributed by atoms with Crippen molar-refractivity contribution in [2.45, 2.75) is 31.2 Å². The molecule has 148 valence electrons. The minimum Gasteiger partial charge on any atom is -0.367 e.